The standard InChI is InChI=1S/C51H52N2/c1-35-16-15-27-51(3)34-45(43-23-13-14-24-44(43)48(35)51)40-30-41(32-42(31-40)50(2)28-25-37(26-29-50)36-17-7-4-8-18-36)49-52-46(38-19-9-5-10-20-38)33-47(53-49)39-21-11-6-12-22-39/h5-7,9-12,14-15,17-21,24-28,30-32,35,39,46H,4,8,13,16,22-23,29,33-34H2,1-3H3. The van der Waals surface area contributed by atoms with Gasteiger partial charge in [0.1, 0.15) is 0 Å². The van der Waals surface area contributed by atoms with Gasteiger partial charge in [0.15, 0.2) is 5.84 Å². The summed E-state index contributed by atoms with van der Waals surface area (Å²) in [6, 6.07) is 18.3. The Labute approximate surface area is 317 Å². The molecular formula is C51H52N2. The van der Waals surface area contributed by atoms with E-state index >= 15 is 0 Å². The summed E-state index contributed by atoms with van der Waals surface area (Å²) < 4.78 is 0. The molecule has 5 atom stereocenters. The van der Waals surface area contributed by atoms with Gasteiger partial charge < -0.3 is 0 Å². The van der Waals surface area contributed by atoms with Crippen LogP contribution in [0.25, 0.3) is 5.57 Å². The zero-order chi connectivity index (χ0) is 36.0. The van der Waals surface area contributed by atoms with Gasteiger partial charge in [-0.25, -0.2) is 4.99 Å². The summed E-state index contributed by atoms with van der Waals surface area (Å²) >= 11 is 0. The lowest BCUT2D eigenvalue weighted by atomic mass is 9.60. The molecular weight excluding hydrogens is 641 g/mol. The number of hydrogen-bond acceptors (Lipinski definition) is 2. The fourth-order valence-electron chi connectivity index (χ4n) is 9.93. The summed E-state index contributed by atoms with van der Waals surface area (Å²) in [6.07, 6.45) is 42.5. The molecule has 53 heavy (non-hydrogen) atoms. The summed E-state index contributed by atoms with van der Waals surface area (Å²) in [4.78, 5) is 11.0. The second-order valence-corrected chi connectivity index (χ2v) is 16.8. The third-order valence-electron chi connectivity index (χ3n) is 12.9. The molecule has 1 heterocycles. The molecule has 9 rings (SSSR count). The van der Waals surface area contributed by atoms with Crippen LogP contribution in [0.15, 0.2) is 171 Å². The summed E-state index contributed by atoms with van der Waals surface area (Å²) in [6.45, 7) is 7.34. The second kappa shape index (κ2) is 13.9. The van der Waals surface area contributed by atoms with Crippen LogP contribution in [0.1, 0.15) is 107 Å². The predicted molar refractivity (Wildman–Crippen MR) is 224 cm³/mol. The van der Waals surface area contributed by atoms with Crippen LogP contribution in [0.4, 0.5) is 0 Å². The van der Waals surface area contributed by atoms with Crippen molar-refractivity contribution in [2.75, 3.05) is 0 Å². The number of fused-ring (bicyclic) bond motifs is 2. The zero-order valence-electron chi connectivity index (χ0n) is 31.7. The van der Waals surface area contributed by atoms with E-state index in [0.717, 1.165) is 69.2 Å². The Morgan fingerprint density at radius 1 is 0.736 bits per heavy atom. The van der Waals surface area contributed by atoms with Crippen molar-refractivity contribution in [2.24, 2.45) is 27.2 Å². The highest BCUT2D eigenvalue weighted by Gasteiger charge is 2.41. The monoisotopic (exact) mass is 692 g/mol. The molecule has 0 N–H and O–H groups in total. The van der Waals surface area contributed by atoms with Crippen LogP contribution in [0, 0.1) is 17.3 Å². The zero-order valence-corrected chi connectivity index (χ0v) is 31.7. The Kier molecular flexibility index (Phi) is 8.89. The fourth-order valence-corrected chi connectivity index (χ4v) is 9.93. The van der Waals surface area contributed by atoms with Crippen LogP contribution in [0.3, 0.4) is 0 Å². The maximum absolute atomic E-state index is 5.50. The number of nitrogens with zero attached hydrogens (tertiary/aromatic N) is 2. The van der Waals surface area contributed by atoms with E-state index in [-0.39, 0.29) is 16.9 Å². The fraction of sp³-hybridized carbons (Fsp3) is 0.333. The lowest BCUT2D eigenvalue weighted by molar-refractivity contribution is 0.424. The first-order valence-electron chi connectivity index (χ1n) is 20.1. The number of rotatable bonds is 6. The number of aliphatic imine (C=N–C) groups is 2. The van der Waals surface area contributed by atoms with E-state index in [1.807, 2.05) is 0 Å². The molecule has 0 saturated carbocycles. The first kappa shape index (κ1) is 34.0. The third-order valence-corrected chi connectivity index (χ3v) is 12.9. The van der Waals surface area contributed by atoms with Crippen molar-refractivity contribution in [2.45, 2.75) is 90.0 Å². The minimum Gasteiger partial charge on any atom is -0.258 e. The van der Waals surface area contributed by atoms with Crippen molar-refractivity contribution in [3.05, 3.63) is 184 Å². The van der Waals surface area contributed by atoms with Crippen LogP contribution in [-0.4, -0.2) is 11.5 Å². The quantitative estimate of drug-likeness (QED) is 0.269. The van der Waals surface area contributed by atoms with Crippen molar-refractivity contribution in [1.29, 1.82) is 0 Å². The van der Waals surface area contributed by atoms with Crippen LogP contribution in [-0.2, 0) is 5.41 Å². The summed E-state index contributed by atoms with van der Waals surface area (Å²) in [5.74, 6) is 1.74. The average molecular weight is 693 g/mol. The largest absolute Gasteiger partial charge is 0.258 e. The molecule has 7 aliphatic rings. The van der Waals surface area contributed by atoms with Gasteiger partial charge in [-0.2, -0.15) is 0 Å². The molecule has 266 valence electrons. The molecule has 2 aromatic carbocycles. The van der Waals surface area contributed by atoms with Crippen molar-refractivity contribution in [1.82, 2.24) is 0 Å². The molecule has 0 saturated heterocycles. The van der Waals surface area contributed by atoms with Gasteiger partial charge in [0.25, 0.3) is 0 Å². The minimum absolute atomic E-state index is 0.0180. The van der Waals surface area contributed by atoms with Crippen molar-refractivity contribution in [3.8, 4) is 0 Å². The van der Waals surface area contributed by atoms with Crippen molar-refractivity contribution in [3.63, 3.8) is 0 Å². The molecule has 2 heteroatoms. The van der Waals surface area contributed by atoms with E-state index in [9.17, 15) is 0 Å². The average Bonchev–Trinajstić information content (AvgIpc) is 3.21. The SMILES string of the molecule is CC1CC=CC2(C)CC(c3cc(C4=NC(c5ccccc5)CC(C5C=CC=CC5)=N4)cc(C4(C)C=CC(C5=CCCC=C5)=CC4)c3)=C3CCC=CC3=C12. The number of amidine groups is 1. The molecule has 2 nitrogen and oxygen atoms in total. The predicted octanol–water partition coefficient (Wildman–Crippen LogP) is 13.0. The van der Waals surface area contributed by atoms with E-state index in [0.29, 0.717) is 11.8 Å². The summed E-state index contributed by atoms with van der Waals surface area (Å²) in [5.41, 5.74) is 15.1. The van der Waals surface area contributed by atoms with Gasteiger partial charge in [0, 0.05) is 34.4 Å². The Morgan fingerprint density at radius 2 is 1.58 bits per heavy atom. The van der Waals surface area contributed by atoms with Gasteiger partial charge in [0.2, 0.25) is 0 Å². The van der Waals surface area contributed by atoms with Crippen molar-refractivity contribution < 1.29 is 0 Å². The van der Waals surface area contributed by atoms with E-state index in [4.69, 9.17) is 9.98 Å². The number of hydrogen-bond donors (Lipinski definition) is 0. The maximum Gasteiger partial charge on any atom is 0.155 e. The lowest BCUT2D eigenvalue weighted by Crippen LogP contribution is -2.30. The van der Waals surface area contributed by atoms with Crippen molar-refractivity contribution >= 4 is 17.1 Å². The van der Waals surface area contributed by atoms with Gasteiger partial charge in [0.05, 0.1) is 6.04 Å². The molecule has 5 unspecified atom stereocenters. The molecule has 0 amide bonds. The Balaban J connectivity index is 1.21. The molecule has 1 aliphatic heterocycles. The Morgan fingerprint density at radius 3 is 2.38 bits per heavy atom. The normalized spacial score (nSPS) is 30.4. The molecule has 0 radical (unpaired) electrons. The number of allylic oxidation sites excluding steroid dienone is 20. The highest BCUT2D eigenvalue weighted by atomic mass is 15.0. The van der Waals surface area contributed by atoms with Gasteiger partial charge in [-0.05, 0) is 120 Å². The Bertz CT molecular complexity index is 2200. The van der Waals surface area contributed by atoms with Gasteiger partial charge in [-0.1, -0.05) is 142 Å². The van der Waals surface area contributed by atoms with E-state index < -0.39 is 0 Å². The first-order chi connectivity index (χ1) is 25.9. The highest BCUT2D eigenvalue weighted by Crippen LogP contribution is 2.55. The molecule has 0 aromatic heterocycles. The molecule has 0 bridgehead atoms. The summed E-state index contributed by atoms with van der Waals surface area (Å²) in [7, 11) is 0. The lowest BCUT2D eigenvalue weighted by Gasteiger charge is -2.44. The van der Waals surface area contributed by atoms with E-state index in [1.54, 1.807) is 11.1 Å². The van der Waals surface area contributed by atoms with Gasteiger partial charge >= 0.3 is 0 Å². The maximum atomic E-state index is 5.50. The van der Waals surface area contributed by atoms with Crippen LogP contribution >= 0.6 is 0 Å². The highest BCUT2D eigenvalue weighted by molar-refractivity contribution is 6.10. The molecule has 0 spiro atoms. The van der Waals surface area contributed by atoms with E-state index in [2.05, 4.69) is 154 Å². The third kappa shape index (κ3) is 6.45. The van der Waals surface area contributed by atoms with Crippen LogP contribution in [0.2, 0.25) is 0 Å². The summed E-state index contributed by atoms with van der Waals surface area (Å²) in [5, 5.41) is 0. The Hall–Kier alpha value is -4.82. The van der Waals surface area contributed by atoms with Crippen LogP contribution < -0.4 is 0 Å². The smallest absolute Gasteiger partial charge is 0.155 e. The van der Waals surface area contributed by atoms with Crippen LogP contribution in [0.5, 0.6) is 0 Å². The topological polar surface area (TPSA) is 24.7 Å². The first-order valence-corrected chi connectivity index (χ1v) is 20.1. The molecule has 6 aliphatic carbocycles. The van der Waals surface area contributed by atoms with Gasteiger partial charge in [-0.3, -0.25) is 4.99 Å². The second-order valence-electron chi connectivity index (χ2n) is 16.8. The van der Waals surface area contributed by atoms with E-state index in [1.165, 1.54) is 44.7 Å². The minimum atomic E-state index is -0.149. The molecule has 2 aromatic rings. The molecule has 0 fully saturated rings. The number of benzene rings is 2. The van der Waals surface area contributed by atoms with Gasteiger partial charge in [-0.15, -0.1) is 0 Å².